The van der Waals surface area contributed by atoms with E-state index < -0.39 is 0 Å². The molecule has 1 rings (SSSR count). The normalized spacial score (nSPS) is 9.81. The zero-order valence-corrected chi connectivity index (χ0v) is 13.6. The summed E-state index contributed by atoms with van der Waals surface area (Å²) in [6.45, 7) is 1.32. The van der Waals surface area contributed by atoms with Gasteiger partial charge in [0.25, 0.3) is 0 Å². The summed E-state index contributed by atoms with van der Waals surface area (Å²) in [5.74, 6) is 1.03. The topological polar surface area (TPSA) is 64.3 Å². The van der Waals surface area contributed by atoms with Crippen LogP contribution >= 0.6 is 12.4 Å². The minimum absolute atomic E-state index is 0. The fraction of sp³-hybridized carbons (Fsp3) is 0.562. The number of benzene rings is 1. The Morgan fingerprint density at radius 3 is 2.48 bits per heavy atom. The Bertz CT molecular complexity index is 382. The number of ether oxygens (including phenoxy) is 1. The highest BCUT2D eigenvalue weighted by atomic mass is 35.5. The maximum Gasteiger partial charge on any atom is 0.219 e. The van der Waals surface area contributed by atoms with E-state index in [1.807, 2.05) is 12.1 Å². The molecule has 0 bridgehead atoms. The molecule has 0 aliphatic rings. The smallest absolute Gasteiger partial charge is 0.219 e. The van der Waals surface area contributed by atoms with E-state index in [-0.39, 0.29) is 18.3 Å². The minimum atomic E-state index is 0. The van der Waals surface area contributed by atoms with Gasteiger partial charge in [-0.05, 0) is 49.9 Å². The molecule has 0 unspecified atom stereocenters. The molecule has 0 saturated heterocycles. The number of unbranched alkanes of at least 4 members (excludes halogenated alkanes) is 2. The molecule has 0 heterocycles. The summed E-state index contributed by atoms with van der Waals surface area (Å²) in [5, 5.41) is 2.87. The van der Waals surface area contributed by atoms with Crippen molar-refractivity contribution in [1.29, 1.82) is 0 Å². The number of carbonyl (C=O) groups excluding carboxylic acids is 1. The highest BCUT2D eigenvalue weighted by Crippen LogP contribution is 2.13. The van der Waals surface area contributed by atoms with Gasteiger partial charge < -0.3 is 15.8 Å². The maximum absolute atomic E-state index is 11.5. The van der Waals surface area contributed by atoms with Crippen LogP contribution in [0.25, 0.3) is 0 Å². The first-order valence-electron chi connectivity index (χ1n) is 7.36. The average Bonchev–Trinajstić information content (AvgIpc) is 2.48. The van der Waals surface area contributed by atoms with E-state index in [2.05, 4.69) is 17.4 Å². The van der Waals surface area contributed by atoms with Gasteiger partial charge >= 0.3 is 0 Å². The predicted octanol–water partition coefficient (Wildman–Crippen LogP) is 2.68. The summed E-state index contributed by atoms with van der Waals surface area (Å²) in [6, 6.07) is 8.16. The van der Waals surface area contributed by atoms with Crippen LogP contribution in [0, 0.1) is 0 Å². The van der Waals surface area contributed by atoms with Gasteiger partial charge in [-0.3, -0.25) is 4.79 Å². The standard InChI is InChI=1S/C16H26N2O2.ClH/c1-20-15-10-8-14(9-11-15)6-3-2-4-7-16(19)18-13-5-12-17;/h8-11H,2-7,12-13,17H2,1H3,(H,18,19);1H. The number of methoxy groups -OCH3 is 1. The lowest BCUT2D eigenvalue weighted by Gasteiger charge is -2.05. The van der Waals surface area contributed by atoms with Gasteiger partial charge in [-0.15, -0.1) is 12.4 Å². The van der Waals surface area contributed by atoms with Gasteiger partial charge in [0, 0.05) is 13.0 Å². The molecule has 0 saturated carbocycles. The molecule has 1 aromatic carbocycles. The van der Waals surface area contributed by atoms with Crippen LogP contribution in [0.5, 0.6) is 5.75 Å². The first kappa shape index (κ1) is 19.7. The quantitative estimate of drug-likeness (QED) is 0.653. The van der Waals surface area contributed by atoms with Crippen LogP contribution in [0.4, 0.5) is 0 Å². The Morgan fingerprint density at radius 1 is 1.14 bits per heavy atom. The van der Waals surface area contributed by atoms with Crippen molar-refractivity contribution >= 4 is 18.3 Å². The van der Waals surface area contributed by atoms with Crippen LogP contribution in [-0.2, 0) is 11.2 Å². The molecular formula is C16H27ClN2O2. The van der Waals surface area contributed by atoms with E-state index in [1.54, 1.807) is 7.11 Å². The lowest BCUT2D eigenvalue weighted by molar-refractivity contribution is -0.121. The molecular weight excluding hydrogens is 288 g/mol. The van der Waals surface area contributed by atoms with Crippen LogP contribution in [0.3, 0.4) is 0 Å². The van der Waals surface area contributed by atoms with Crippen LogP contribution < -0.4 is 15.8 Å². The molecule has 0 aliphatic heterocycles. The van der Waals surface area contributed by atoms with E-state index in [4.69, 9.17) is 10.5 Å². The van der Waals surface area contributed by atoms with Crippen molar-refractivity contribution in [3.8, 4) is 5.75 Å². The third kappa shape index (κ3) is 9.32. The van der Waals surface area contributed by atoms with E-state index in [0.717, 1.165) is 37.9 Å². The number of nitrogens with one attached hydrogen (secondary N) is 1. The van der Waals surface area contributed by atoms with Crippen LogP contribution in [0.1, 0.15) is 37.7 Å². The lowest BCUT2D eigenvalue weighted by atomic mass is 10.1. The van der Waals surface area contributed by atoms with E-state index in [1.165, 1.54) is 5.56 Å². The fourth-order valence-electron chi connectivity index (χ4n) is 2.00. The molecule has 0 atom stereocenters. The second kappa shape index (κ2) is 12.5. The Kier molecular flexibility index (Phi) is 11.7. The molecule has 0 spiro atoms. The Hall–Kier alpha value is -1.26. The molecule has 1 aromatic rings. The molecule has 120 valence electrons. The lowest BCUT2D eigenvalue weighted by Crippen LogP contribution is -2.25. The van der Waals surface area contributed by atoms with E-state index in [0.29, 0.717) is 19.5 Å². The van der Waals surface area contributed by atoms with Crippen molar-refractivity contribution in [2.75, 3.05) is 20.2 Å². The molecule has 4 nitrogen and oxygen atoms in total. The predicted molar refractivity (Wildman–Crippen MR) is 89.1 cm³/mol. The van der Waals surface area contributed by atoms with Crippen molar-refractivity contribution in [1.82, 2.24) is 5.32 Å². The number of carbonyl (C=O) groups is 1. The highest BCUT2D eigenvalue weighted by molar-refractivity contribution is 5.85. The Balaban J connectivity index is 0.00000400. The number of rotatable bonds is 10. The first-order valence-corrected chi connectivity index (χ1v) is 7.36. The summed E-state index contributed by atoms with van der Waals surface area (Å²) < 4.78 is 5.13. The Morgan fingerprint density at radius 2 is 1.86 bits per heavy atom. The third-order valence-corrected chi connectivity index (χ3v) is 3.23. The highest BCUT2D eigenvalue weighted by Gasteiger charge is 2.00. The third-order valence-electron chi connectivity index (χ3n) is 3.23. The number of hydrogen-bond acceptors (Lipinski definition) is 3. The van der Waals surface area contributed by atoms with E-state index in [9.17, 15) is 4.79 Å². The summed E-state index contributed by atoms with van der Waals surface area (Å²) in [6.07, 6.45) is 5.67. The van der Waals surface area contributed by atoms with Crippen molar-refractivity contribution in [3.05, 3.63) is 29.8 Å². The summed E-state index contributed by atoms with van der Waals surface area (Å²) in [7, 11) is 1.67. The molecule has 5 heteroatoms. The molecule has 0 fully saturated rings. The monoisotopic (exact) mass is 314 g/mol. The maximum atomic E-state index is 11.5. The van der Waals surface area contributed by atoms with Crippen molar-refractivity contribution in [2.24, 2.45) is 5.73 Å². The van der Waals surface area contributed by atoms with Gasteiger partial charge in [0.05, 0.1) is 7.11 Å². The summed E-state index contributed by atoms with van der Waals surface area (Å²) >= 11 is 0. The SMILES string of the molecule is COc1ccc(CCCCCC(=O)NCCCN)cc1.Cl. The van der Waals surface area contributed by atoms with Crippen molar-refractivity contribution in [3.63, 3.8) is 0 Å². The van der Waals surface area contributed by atoms with Crippen molar-refractivity contribution in [2.45, 2.75) is 38.5 Å². The molecule has 0 aromatic heterocycles. The van der Waals surface area contributed by atoms with Crippen LogP contribution in [-0.4, -0.2) is 26.1 Å². The van der Waals surface area contributed by atoms with Gasteiger partial charge in [0.2, 0.25) is 5.91 Å². The first-order chi connectivity index (χ1) is 9.76. The van der Waals surface area contributed by atoms with Crippen molar-refractivity contribution < 1.29 is 9.53 Å². The minimum Gasteiger partial charge on any atom is -0.497 e. The number of amides is 1. The summed E-state index contributed by atoms with van der Waals surface area (Å²) in [4.78, 5) is 11.5. The number of nitrogens with two attached hydrogens (primary N) is 1. The molecule has 0 radical (unpaired) electrons. The second-order valence-electron chi connectivity index (χ2n) is 4.90. The Labute approximate surface area is 133 Å². The van der Waals surface area contributed by atoms with Gasteiger partial charge in [-0.25, -0.2) is 0 Å². The van der Waals surface area contributed by atoms with Gasteiger partial charge in [-0.1, -0.05) is 18.6 Å². The van der Waals surface area contributed by atoms with E-state index >= 15 is 0 Å². The summed E-state index contributed by atoms with van der Waals surface area (Å²) in [5.41, 5.74) is 6.69. The average molecular weight is 315 g/mol. The second-order valence-corrected chi connectivity index (χ2v) is 4.90. The zero-order valence-electron chi connectivity index (χ0n) is 12.8. The molecule has 1 amide bonds. The van der Waals surface area contributed by atoms with Gasteiger partial charge in [0.1, 0.15) is 5.75 Å². The zero-order chi connectivity index (χ0) is 14.6. The number of aryl methyl sites for hydroxylation is 1. The van der Waals surface area contributed by atoms with Gasteiger partial charge in [0.15, 0.2) is 0 Å². The van der Waals surface area contributed by atoms with Crippen LogP contribution in [0.15, 0.2) is 24.3 Å². The van der Waals surface area contributed by atoms with Gasteiger partial charge in [-0.2, -0.15) is 0 Å². The largest absolute Gasteiger partial charge is 0.497 e. The fourth-order valence-corrected chi connectivity index (χ4v) is 2.00. The number of hydrogen-bond donors (Lipinski definition) is 2. The van der Waals surface area contributed by atoms with Crippen LogP contribution in [0.2, 0.25) is 0 Å². The molecule has 0 aliphatic carbocycles. The number of halogens is 1. The molecule has 21 heavy (non-hydrogen) atoms. The molecule has 3 N–H and O–H groups in total.